The van der Waals surface area contributed by atoms with E-state index in [9.17, 15) is 14.7 Å². The Bertz CT molecular complexity index is 802. The highest BCUT2D eigenvalue weighted by atomic mass is 16.5. The van der Waals surface area contributed by atoms with Gasteiger partial charge in [0.1, 0.15) is 11.5 Å². The first-order valence-electron chi connectivity index (χ1n) is 8.50. The zero-order valence-corrected chi connectivity index (χ0v) is 14.9. The molecule has 2 aromatic rings. The van der Waals surface area contributed by atoms with Crippen molar-refractivity contribution in [1.82, 2.24) is 4.90 Å². The normalized spacial score (nSPS) is 19.2. The van der Waals surface area contributed by atoms with Crippen LogP contribution in [0.4, 0.5) is 10.5 Å². The molecule has 3 rings (SSSR count). The molecule has 0 radical (unpaired) electrons. The summed E-state index contributed by atoms with van der Waals surface area (Å²) in [5.74, 6) is 0.550. The summed E-state index contributed by atoms with van der Waals surface area (Å²) in [5, 5.41) is 12.1. The van der Waals surface area contributed by atoms with Gasteiger partial charge in [0, 0.05) is 18.8 Å². The monoisotopic (exact) mass is 354 g/mol. The molecule has 2 aromatic carbocycles. The highest BCUT2D eigenvalue weighted by Crippen LogP contribution is 2.30. The molecule has 1 saturated heterocycles. The lowest BCUT2D eigenvalue weighted by Crippen LogP contribution is -2.37. The van der Waals surface area contributed by atoms with E-state index in [2.05, 4.69) is 5.32 Å². The fourth-order valence-electron chi connectivity index (χ4n) is 2.86. The number of hydrogen-bond donors (Lipinski definition) is 2. The Balaban J connectivity index is 1.58. The van der Waals surface area contributed by atoms with Crippen molar-refractivity contribution in [3.05, 3.63) is 54.1 Å². The number of benzene rings is 2. The average molecular weight is 354 g/mol. The molecule has 6 nitrogen and oxygen atoms in total. The standard InChI is InChI=1S/C20H22N2O4/c1-14-3-7-16(8-4-14)26-17-9-5-15(6-10-17)21-19(25)22-12-11-20(2,13-22)18(23)24/h3-10H,11-13H2,1-2H3,(H,21,25)(H,23,24). The summed E-state index contributed by atoms with van der Waals surface area (Å²) in [4.78, 5) is 25.1. The summed E-state index contributed by atoms with van der Waals surface area (Å²) in [6.45, 7) is 4.33. The third-order valence-corrected chi connectivity index (χ3v) is 4.64. The number of likely N-dealkylation sites (tertiary alicyclic amines) is 1. The summed E-state index contributed by atoms with van der Waals surface area (Å²) in [6.07, 6.45) is 0.457. The average Bonchev–Trinajstić information content (AvgIpc) is 3.03. The zero-order valence-electron chi connectivity index (χ0n) is 14.9. The van der Waals surface area contributed by atoms with E-state index in [1.54, 1.807) is 31.2 Å². The predicted octanol–water partition coefficient (Wildman–Crippen LogP) is 4.12. The molecule has 136 valence electrons. The van der Waals surface area contributed by atoms with E-state index >= 15 is 0 Å². The van der Waals surface area contributed by atoms with Crippen molar-refractivity contribution in [3.8, 4) is 11.5 Å². The molecular weight excluding hydrogens is 332 g/mol. The van der Waals surface area contributed by atoms with Gasteiger partial charge in [-0.15, -0.1) is 0 Å². The van der Waals surface area contributed by atoms with Crippen LogP contribution >= 0.6 is 0 Å². The zero-order chi connectivity index (χ0) is 18.7. The molecule has 0 spiro atoms. The number of hydrogen-bond acceptors (Lipinski definition) is 3. The Morgan fingerprint density at radius 2 is 1.65 bits per heavy atom. The SMILES string of the molecule is Cc1ccc(Oc2ccc(NC(=O)N3CCC(C)(C(=O)O)C3)cc2)cc1. The lowest BCUT2D eigenvalue weighted by atomic mass is 9.90. The first-order valence-corrected chi connectivity index (χ1v) is 8.50. The fraction of sp³-hybridized carbons (Fsp3) is 0.300. The van der Waals surface area contributed by atoms with Gasteiger partial charge in [-0.25, -0.2) is 4.79 Å². The number of carboxylic acid groups (broad SMARTS) is 1. The number of nitrogens with zero attached hydrogens (tertiary/aromatic N) is 1. The van der Waals surface area contributed by atoms with Crippen LogP contribution < -0.4 is 10.1 Å². The summed E-state index contributed by atoms with van der Waals surface area (Å²) in [6, 6.07) is 14.5. The van der Waals surface area contributed by atoms with Gasteiger partial charge in [-0.05, 0) is 56.7 Å². The number of nitrogens with one attached hydrogen (secondary N) is 1. The van der Waals surface area contributed by atoms with Crippen LogP contribution in [0.15, 0.2) is 48.5 Å². The van der Waals surface area contributed by atoms with Gasteiger partial charge in [-0.1, -0.05) is 17.7 Å². The first-order chi connectivity index (χ1) is 12.4. The van der Waals surface area contributed by atoms with Crippen molar-refractivity contribution < 1.29 is 19.4 Å². The van der Waals surface area contributed by atoms with Crippen LogP contribution in [0.3, 0.4) is 0 Å². The van der Waals surface area contributed by atoms with E-state index < -0.39 is 11.4 Å². The number of carbonyl (C=O) groups is 2. The molecule has 2 amide bonds. The van der Waals surface area contributed by atoms with Crippen molar-refractivity contribution in [2.75, 3.05) is 18.4 Å². The van der Waals surface area contributed by atoms with Crippen molar-refractivity contribution in [1.29, 1.82) is 0 Å². The van der Waals surface area contributed by atoms with Gasteiger partial charge in [-0.3, -0.25) is 4.79 Å². The topological polar surface area (TPSA) is 78.9 Å². The van der Waals surface area contributed by atoms with Crippen LogP contribution in [-0.4, -0.2) is 35.1 Å². The lowest BCUT2D eigenvalue weighted by molar-refractivity contribution is -0.146. The number of rotatable bonds is 4. The maximum Gasteiger partial charge on any atom is 0.321 e. The molecule has 1 aliphatic rings. The van der Waals surface area contributed by atoms with Gasteiger partial charge in [0.25, 0.3) is 0 Å². The van der Waals surface area contributed by atoms with E-state index in [-0.39, 0.29) is 12.6 Å². The number of carboxylic acids is 1. The van der Waals surface area contributed by atoms with Crippen molar-refractivity contribution in [2.24, 2.45) is 5.41 Å². The first kappa shape index (κ1) is 17.8. The molecule has 26 heavy (non-hydrogen) atoms. The Morgan fingerprint density at radius 1 is 1.08 bits per heavy atom. The van der Waals surface area contributed by atoms with Crippen molar-refractivity contribution in [3.63, 3.8) is 0 Å². The minimum Gasteiger partial charge on any atom is -0.481 e. The Labute approximate surface area is 152 Å². The van der Waals surface area contributed by atoms with Crippen LogP contribution in [0.25, 0.3) is 0 Å². The molecule has 1 fully saturated rings. The summed E-state index contributed by atoms with van der Waals surface area (Å²) in [5.41, 5.74) is 0.926. The van der Waals surface area contributed by atoms with Crippen LogP contribution in [-0.2, 0) is 4.79 Å². The highest BCUT2D eigenvalue weighted by molar-refractivity contribution is 5.90. The molecule has 1 aliphatic heterocycles. The number of ether oxygens (including phenoxy) is 1. The minimum atomic E-state index is -0.872. The fourth-order valence-corrected chi connectivity index (χ4v) is 2.86. The lowest BCUT2D eigenvalue weighted by Gasteiger charge is -2.20. The van der Waals surface area contributed by atoms with E-state index in [1.165, 1.54) is 4.90 Å². The molecule has 1 unspecified atom stereocenters. The smallest absolute Gasteiger partial charge is 0.321 e. The van der Waals surface area contributed by atoms with E-state index in [0.29, 0.717) is 24.4 Å². The van der Waals surface area contributed by atoms with Gasteiger partial charge in [-0.2, -0.15) is 0 Å². The molecule has 0 bridgehead atoms. The molecule has 1 heterocycles. The van der Waals surface area contributed by atoms with Crippen molar-refractivity contribution >= 4 is 17.7 Å². The summed E-state index contributed by atoms with van der Waals surface area (Å²) >= 11 is 0. The van der Waals surface area contributed by atoms with Crippen molar-refractivity contribution in [2.45, 2.75) is 20.3 Å². The van der Waals surface area contributed by atoms with Gasteiger partial charge in [0.15, 0.2) is 0 Å². The van der Waals surface area contributed by atoms with Crippen LogP contribution in [0.5, 0.6) is 11.5 Å². The molecule has 0 aliphatic carbocycles. The maximum absolute atomic E-state index is 12.3. The quantitative estimate of drug-likeness (QED) is 0.866. The number of carbonyl (C=O) groups excluding carboxylic acids is 1. The van der Waals surface area contributed by atoms with Gasteiger partial charge in [0.05, 0.1) is 5.41 Å². The maximum atomic E-state index is 12.3. The van der Waals surface area contributed by atoms with Crippen LogP contribution in [0.2, 0.25) is 0 Å². The second-order valence-electron chi connectivity index (χ2n) is 6.91. The molecule has 1 atom stereocenters. The van der Waals surface area contributed by atoms with E-state index in [0.717, 1.165) is 11.3 Å². The molecular formula is C20H22N2O4. The Morgan fingerprint density at radius 3 is 2.19 bits per heavy atom. The minimum absolute atomic E-state index is 0.211. The predicted molar refractivity (Wildman–Crippen MR) is 98.6 cm³/mol. The molecule has 6 heteroatoms. The van der Waals surface area contributed by atoms with Gasteiger partial charge < -0.3 is 20.1 Å². The number of anilines is 1. The van der Waals surface area contributed by atoms with Gasteiger partial charge in [0.2, 0.25) is 0 Å². The second kappa shape index (κ2) is 7.07. The Hall–Kier alpha value is -3.02. The third kappa shape index (κ3) is 3.96. The van der Waals surface area contributed by atoms with E-state index in [4.69, 9.17) is 4.74 Å². The summed E-state index contributed by atoms with van der Waals surface area (Å²) < 4.78 is 5.76. The number of urea groups is 1. The summed E-state index contributed by atoms with van der Waals surface area (Å²) in [7, 11) is 0. The largest absolute Gasteiger partial charge is 0.481 e. The number of aryl methyl sites for hydroxylation is 1. The van der Waals surface area contributed by atoms with Gasteiger partial charge >= 0.3 is 12.0 Å². The Kier molecular flexibility index (Phi) is 4.84. The second-order valence-corrected chi connectivity index (χ2v) is 6.91. The van der Waals surface area contributed by atoms with E-state index in [1.807, 2.05) is 31.2 Å². The molecule has 0 aromatic heterocycles. The number of aliphatic carboxylic acids is 1. The molecule has 2 N–H and O–H groups in total. The highest BCUT2D eigenvalue weighted by Gasteiger charge is 2.42. The van der Waals surface area contributed by atoms with Crippen LogP contribution in [0, 0.1) is 12.3 Å². The molecule has 0 saturated carbocycles. The number of amides is 2. The third-order valence-electron chi connectivity index (χ3n) is 4.64. The van der Waals surface area contributed by atoms with Crippen LogP contribution in [0.1, 0.15) is 18.9 Å².